The maximum atomic E-state index is 14.0. The lowest BCUT2D eigenvalue weighted by Crippen LogP contribution is -2.38. The SMILES string of the molecule is Cc1ccc(-c2cccnc2C(Cc2cc(F)cc(F)c2)NC(O)Cn2nc(C(F)(F)F)c3c2COCC3)cc1. The number of hydrogen-bond acceptors (Lipinski definition) is 5. The molecule has 2 aromatic heterocycles. The molecular weight excluding hydrogens is 531 g/mol. The Kier molecular flexibility index (Phi) is 7.97. The molecule has 1 aliphatic rings. The van der Waals surface area contributed by atoms with E-state index in [-0.39, 0.29) is 43.9 Å². The average Bonchev–Trinajstić information content (AvgIpc) is 3.27. The topological polar surface area (TPSA) is 72.2 Å². The fourth-order valence-corrected chi connectivity index (χ4v) is 5.00. The van der Waals surface area contributed by atoms with Gasteiger partial charge in [-0.15, -0.1) is 0 Å². The van der Waals surface area contributed by atoms with Crippen LogP contribution in [0.2, 0.25) is 0 Å². The van der Waals surface area contributed by atoms with E-state index in [0.717, 1.165) is 27.4 Å². The minimum atomic E-state index is -4.65. The number of halogens is 5. The molecule has 2 atom stereocenters. The van der Waals surface area contributed by atoms with Gasteiger partial charge in [0.05, 0.1) is 37.2 Å². The van der Waals surface area contributed by atoms with E-state index in [4.69, 9.17) is 4.74 Å². The minimum Gasteiger partial charge on any atom is -0.377 e. The van der Waals surface area contributed by atoms with E-state index in [1.807, 2.05) is 37.3 Å². The number of nitrogens with zero attached hydrogens (tertiary/aromatic N) is 3. The maximum Gasteiger partial charge on any atom is 0.435 e. The van der Waals surface area contributed by atoms with Crippen LogP contribution < -0.4 is 5.32 Å². The molecule has 5 rings (SSSR count). The Balaban J connectivity index is 1.48. The van der Waals surface area contributed by atoms with Gasteiger partial charge in [-0.2, -0.15) is 18.3 Å². The first kappa shape index (κ1) is 27.9. The number of aliphatic hydroxyl groups is 1. The Hall–Kier alpha value is -3.67. The highest BCUT2D eigenvalue weighted by Crippen LogP contribution is 2.35. The van der Waals surface area contributed by atoms with E-state index in [2.05, 4.69) is 15.4 Å². The molecule has 1 aliphatic heterocycles. The summed E-state index contributed by atoms with van der Waals surface area (Å²) in [5.41, 5.74) is 2.76. The number of hydrogen-bond donors (Lipinski definition) is 2. The molecule has 0 aliphatic carbocycles. The van der Waals surface area contributed by atoms with Gasteiger partial charge in [-0.05, 0) is 49.1 Å². The summed E-state index contributed by atoms with van der Waals surface area (Å²) in [5, 5.41) is 17.8. The molecule has 11 heteroatoms. The lowest BCUT2D eigenvalue weighted by atomic mass is 9.95. The molecular formula is C29H27F5N4O2. The van der Waals surface area contributed by atoms with Crippen molar-refractivity contribution in [2.24, 2.45) is 0 Å². The van der Waals surface area contributed by atoms with Crippen molar-refractivity contribution >= 4 is 0 Å². The molecule has 40 heavy (non-hydrogen) atoms. The summed E-state index contributed by atoms with van der Waals surface area (Å²) in [6, 6.07) is 13.7. The second-order valence-electron chi connectivity index (χ2n) is 9.78. The maximum absolute atomic E-state index is 14.0. The number of nitrogens with one attached hydrogen (secondary N) is 1. The van der Waals surface area contributed by atoms with Crippen LogP contribution in [-0.4, -0.2) is 32.7 Å². The minimum absolute atomic E-state index is 0.0374. The predicted molar refractivity (Wildman–Crippen MR) is 137 cm³/mol. The van der Waals surface area contributed by atoms with Gasteiger partial charge in [0.2, 0.25) is 0 Å². The van der Waals surface area contributed by atoms with Crippen molar-refractivity contribution in [2.75, 3.05) is 6.61 Å². The molecule has 2 aromatic carbocycles. The molecule has 2 unspecified atom stereocenters. The Morgan fingerprint density at radius 2 is 1.80 bits per heavy atom. The number of pyridine rings is 1. The van der Waals surface area contributed by atoms with Crippen LogP contribution in [0.15, 0.2) is 60.8 Å². The van der Waals surface area contributed by atoms with Crippen LogP contribution in [0.25, 0.3) is 11.1 Å². The first-order valence-electron chi connectivity index (χ1n) is 12.7. The van der Waals surface area contributed by atoms with Gasteiger partial charge in [0.15, 0.2) is 5.69 Å². The number of rotatable bonds is 8. The van der Waals surface area contributed by atoms with Crippen LogP contribution in [-0.2, 0) is 36.9 Å². The van der Waals surface area contributed by atoms with Crippen LogP contribution in [0, 0.1) is 18.6 Å². The number of aryl methyl sites for hydroxylation is 1. The van der Waals surface area contributed by atoms with E-state index in [1.54, 1.807) is 12.3 Å². The molecule has 0 amide bonds. The van der Waals surface area contributed by atoms with Crippen molar-refractivity contribution in [1.29, 1.82) is 0 Å². The largest absolute Gasteiger partial charge is 0.435 e. The van der Waals surface area contributed by atoms with Gasteiger partial charge in [-0.25, -0.2) is 8.78 Å². The van der Waals surface area contributed by atoms with Gasteiger partial charge in [0.25, 0.3) is 0 Å². The van der Waals surface area contributed by atoms with Gasteiger partial charge in [0, 0.05) is 23.4 Å². The average molecular weight is 559 g/mol. The van der Waals surface area contributed by atoms with Gasteiger partial charge < -0.3 is 9.84 Å². The van der Waals surface area contributed by atoms with E-state index in [9.17, 15) is 27.1 Å². The number of ether oxygens (including phenoxy) is 1. The molecule has 0 spiro atoms. The molecule has 0 saturated carbocycles. The molecule has 0 fully saturated rings. The van der Waals surface area contributed by atoms with Crippen LogP contribution in [0.1, 0.15) is 39.8 Å². The van der Waals surface area contributed by atoms with Gasteiger partial charge in [0.1, 0.15) is 17.9 Å². The molecule has 210 valence electrons. The summed E-state index contributed by atoms with van der Waals surface area (Å²) in [7, 11) is 0. The van der Waals surface area contributed by atoms with Crippen molar-refractivity contribution in [2.45, 2.75) is 51.4 Å². The summed E-state index contributed by atoms with van der Waals surface area (Å²) < 4.78 is 75.4. The summed E-state index contributed by atoms with van der Waals surface area (Å²) in [4.78, 5) is 4.53. The third-order valence-electron chi connectivity index (χ3n) is 6.80. The smallest absolute Gasteiger partial charge is 0.377 e. The molecule has 2 N–H and O–H groups in total. The first-order valence-corrected chi connectivity index (χ1v) is 12.7. The molecule has 0 radical (unpaired) electrons. The van der Waals surface area contributed by atoms with E-state index >= 15 is 0 Å². The molecule has 0 bridgehead atoms. The van der Waals surface area contributed by atoms with Crippen molar-refractivity contribution in [1.82, 2.24) is 20.1 Å². The lowest BCUT2D eigenvalue weighted by molar-refractivity contribution is -0.142. The summed E-state index contributed by atoms with van der Waals surface area (Å²) in [6.45, 7) is 1.73. The van der Waals surface area contributed by atoms with Crippen molar-refractivity contribution < 1.29 is 31.8 Å². The van der Waals surface area contributed by atoms with Crippen molar-refractivity contribution in [3.8, 4) is 11.1 Å². The summed E-state index contributed by atoms with van der Waals surface area (Å²) >= 11 is 0. The van der Waals surface area contributed by atoms with Crippen LogP contribution in [0.3, 0.4) is 0 Å². The van der Waals surface area contributed by atoms with Gasteiger partial charge in [-0.1, -0.05) is 35.9 Å². The molecule has 0 saturated heterocycles. The van der Waals surface area contributed by atoms with Gasteiger partial charge >= 0.3 is 6.18 Å². The number of benzene rings is 2. The zero-order valence-electron chi connectivity index (χ0n) is 21.6. The van der Waals surface area contributed by atoms with Crippen LogP contribution in [0.5, 0.6) is 0 Å². The predicted octanol–water partition coefficient (Wildman–Crippen LogP) is 5.52. The highest BCUT2D eigenvalue weighted by molar-refractivity contribution is 5.66. The molecule has 3 heterocycles. The Labute approximate surface area is 227 Å². The second-order valence-corrected chi connectivity index (χ2v) is 9.78. The number of aromatic nitrogens is 3. The quantitative estimate of drug-likeness (QED) is 0.220. The fourth-order valence-electron chi connectivity index (χ4n) is 5.00. The third kappa shape index (κ3) is 6.22. The number of alkyl halides is 3. The van der Waals surface area contributed by atoms with Crippen molar-refractivity contribution in [3.05, 3.63) is 106 Å². The van der Waals surface area contributed by atoms with E-state index in [0.29, 0.717) is 11.3 Å². The summed E-state index contributed by atoms with van der Waals surface area (Å²) in [6.07, 6.45) is -4.36. The molecule has 4 aromatic rings. The third-order valence-corrected chi connectivity index (χ3v) is 6.80. The lowest BCUT2D eigenvalue weighted by Gasteiger charge is -2.25. The molecule has 6 nitrogen and oxygen atoms in total. The highest BCUT2D eigenvalue weighted by atomic mass is 19.4. The number of fused-ring (bicyclic) bond motifs is 1. The zero-order valence-corrected chi connectivity index (χ0v) is 21.6. The van der Waals surface area contributed by atoms with Gasteiger partial charge in [-0.3, -0.25) is 15.0 Å². The Morgan fingerprint density at radius 1 is 1.07 bits per heavy atom. The van der Waals surface area contributed by atoms with E-state index in [1.165, 1.54) is 12.1 Å². The normalized spacial score (nSPS) is 15.1. The van der Waals surface area contributed by atoms with Crippen LogP contribution in [0.4, 0.5) is 22.0 Å². The zero-order chi connectivity index (χ0) is 28.4. The first-order chi connectivity index (χ1) is 19.1. The van der Waals surface area contributed by atoms with E-state index < -0.39 is 35.8 Å². The highest BCUT2D eigenvalue weighted by Gasteiger charge is 2.40. The van der Waals surface area contributed by atoms with Crippen LogP contribution >= 0.6 is 0 Å². The number of aliphatic hydroxyl groups excluding tert-OH is 1. The fraction of sp³-hybridized carbons (Fsp3) is 0.310. The Morgan fingerprint density at radius 3 is 2.50 bits per heavy atom. The Bertz CT molecular complexity index is 1470. The summed E-state index contributed by atoms with van der Waals surface area (Å²) in [5.74, 6) is -1.51. The monoisotopic (exact) mass is 558 g/mol. The second kappa shape index (κ2) is 11.4. The van der Waals surface area contributed by atoms with Crippen molar-refractivity contribution in [3.63, 3.8) is 0 Å². The standard InChI is InChI=1S/C29H27F5N4O2/c1-17-4-6-19(7-5-17)22-3-2-9-35-27(22)24(13-18-11-20(30)14-21(31)12-18)36-26(39)15-38-25-16-40-10-8-23(25)28(37-38)29(32,33)34/h2-7,9,11-12,14,24,26,36,39H,8,10,13,15-16H2,1H3.